The van der Waals surface area contributed by atoms with Gasteiger partial charge in [0.25, 0.3) is 11.8 Å². The van der Waals surface area contributed by atoms with Gasteiger partial charge in [-0.1, -0.05) is 91.9 Å². The van der Waals surface area contributed by atoms with Crippen molar-refractivity contribution in [2.45, 2.75) is 45.0 Å². The number of hydrogen-bond donors (Lipinski definition) is 1. The van der Waals surface area contributed by atoms with E-state index >= 15 is 0 Å². The first-order chi connectivity index (χ1) is 22.8. The van der Waals surface area contributed by atoms with Crippen molar-refractivity contribution in [3.63, 3.8) is 0 Å². The summed E-state index contributed by atoms with van der Waals surface area (Å²) in [5.41, 5.74) is 5.21. The number of benzene rings is 5. The van der Waals surface area contributed by atoms with Crippen LogP contribution in [0.15, 0.2) is 115 Å². The van der Waals surface area contributed by atoms with E-state index in [0.29, 0.717) is 23.4 Å². The Morgan fingerprint density at radius 2 is 1.38 bits per heavy atom. The van der Waals surface area contributed by atoms with Crippen molar-refractivity contribution in [2.24, 2.45) is 5.92 Å². The summed E-state index contributed by atoms with van der Waals surface area (Å²) in [6, 6.07) is 37.2. The van der Waals surface area contributed by atoms with Gasteiger partial charge in [-0.2, -0.15) is 0 Å². The summed E-state index contributed by atoms with van der Waals surface area (Å²) in [7, 11) is 2.13. The molecule has 2 aliphatic heterocycles. The van der Waals surface area contributed by atoms with Gasteiger partial charge in [-0.05, 0) is 71.8 Å². The highest BCUT2D eigenvalue weighted by atomic mass is 16.7. The van der Waals surface area contributed by atoms with Crippen LogP contribution in [0.4, 0.5) is 5.69 Å². The molecule has 7 rings (SSSR count). The summed E-state index contributed by atoms with van der Waals surface area (Å²) in [6.07, 6.45) is -1.09. The molecule has 7 heteroatoms. The topological polar surface area (TPSA) is 79.3 Å². The lowest BCUT2D eigenvalue weighted by atomic mass is 9.89. The number of aliphatic hydroxyl groups excluding tert-OH is 1. The molecule has 1 saturated heterocycles. The predicted octanol–water partition coefficient (Wildman–Crippen LogP) is 7.62. The third-order valence-corrected chi connectivity index (χ3v) is 9.73. The SMILES string of the molecule is C[C@@H]1[C@H](CN(C)[C@H](C)c2ccc3ccccc3c2)O[C@H](c2ccc(N3C(=O)c4ccccc4C3=O)cc2)O[C@@H]1c1ccc(CO)cc1. The highest BCUT2D eigenvalue weighted by Crippen LogP contribution is 2.43. The Labute approximate surface area is 275 Å². The Morgan fingerprint density at radius 1 is 0.766 bits per heavy atom. The second-order valence-electron chi connectivity index (χ2n) is 12.6. The number of rotatable bonds is 8. The quantitative estimate of drug-likeness (QED) is 0.179. The molecule has 1 N–H and O–H groups in total. The molecule has 0 aliphatic carbocycles. The van der Waals surface area contributed by atoms with Crippen LogP contribution in [-0.2, 0) is 16.1 Å². The zero-order chi connectivity index (χ0) is 32.7. The number of fused-ring (bicyclic) bond motifs is 2. The lowest BCUT2D eigenvalue weighted by molar-refractivity contribution is -0.276. The molecule has 0 unspecified atom stereocenters. The summed E-state index contributed by atoms with van der Waals surface area (Å²) >= 11 is 0. The summed E-state index contributed by atoms with van der Waals surface area (Å²) in [5, 5.41) is 12.1. The zero-order valence-electron chi connectivity index (χ0n) is 26.7. The van der Waals surface area contributed by atoms with Crippen LogP contribution in [0.25, 0.3) is 10.8 Å². The Balaban J connectivity index is 1.14. The molecule has 0 aromatic heterocycles. The van der Waals surface area contributed by atoms with Crippen LogP contribution in [0.1, 0.15) is 75.3 Å². The molecule has 0 radical (unpaired) electrons. The molecular weight excluding hydrogens is 588 g/mol. The minimum absolute atomic E-state index is 0.0212. The average Bonchev–Trinajstić information content (AvgIpc) is 3.37. The lowest BCUT2D eigenvalue weighted by Crippen LogP contribution is -2.44. The molecule has 0 bridgehead atoms. The maximum absolute atomic E-state index is 13.1. The van der Waals surface area contributed by atoms with Gasteiger partial charge < -0.3 is 14.6 Å². The highest BCUT2D eigenvalue weighted by Gasteiger charge is 2.40. The fraction of sp³-hybridized carbons (Fsp3) is 0.250. The molecule has 2 heterocycles. The van der Waals surface area contributed by atoms with Gasteiger partial charge in [-0.25, -0.2) is 4.90 Å². The van der Waals surface area contributed by atoms with E-state index in [1.807, 2.05) is 36.4 Å². The summed E-state index contributed by atoms with van der Waals surface area (Å²) in [4.78, 5) is 29.7. The molecule has 0 saturated carbocycles. The van der Waals surface area contributed by atoms with E-state index in [-0.39, 0.29) is 42.6 Å². The zero-order valence-corrected chi connectivity index (χ0v) is 26.7. The van der Waals surface area contributed by atoms with Gasteiger partial charge >= 0.3 is 0 Å². The number of ether oxygens (including phenoxy) is 2. The number of carbonyl (C=O) groups is 2. The molecular formula is C40H38N2O5. The minimum atomic E-state index is -0.667. The second-order valence-corrected chi connectivity index (χ2v) is 12.6. The Bertz CT molecular complexity index is 1890. The number of carbonyl (C=O) groups excluding carboxylic acids is 2. The first-order valence-corrected chi connectivity index (χ1v) is 16.1. The molecule has 2 aliphatic rings. The molecule has 47 heavy (non-hydrogen) atoms. The van der Waals surface area contributed by atoms with Crippen molar-refractivity contribution in [1.82, 2.24) is 4.90 Å². The van der Waals surface area contributed by atoms with Crippen molar-refractivity contribution in [3.8, 4) is 0 Å². The maximum atomic E-state index is 13.1. The van der Waals surface area contributed by atoms with Crippen LogP contribution in [0.2, 0.25) is 0 Å². The van der Waals surface area contributed by atoms with E-state index in [2.05, 4.69) is 68.3 Å². The molecule has 5 atom stereocenters. The number of amides is 2. The standard InChI is InChI=1S/C40H38N2O5/c1-25-36(23-41(3)26(2)31-17-16-28-8-4-5-9-32(28)22-31)46-40(47-37(25)29-14-12-27(24-43)13-15-29)30-18-20-33(21-19-30)42-38(44)34-10-6-7-11-35(34)39(42)45/h4-22,25-26,36-37,40,43H,23-24H2,1-3H3/t25-,26-,36+,37+,40+/m1/s1. The van der Waals surface area contributed by atoms with Crippen LogP contribution < -0.4 is 4.90 Å². The van der Waals surface area contributed by atoms with Crippen LogP contribution in [0, 0.1) is 5.92 Å². The molecule has 5 aromatic rings. The molecule has 5 aromatic carbocycles. The van der Waals surface area contributed by atoms with E-state index < -0.39 is 6.29 Å². The van der Waals surface area contributed by atoms with Gasteiger partial charge in [0.2, 0.25) is 0 Å². The van der Waals surface area contributed by atoms with Gasteiger partial charge in [0, 0.05) is 24.1 Å². The van der Waals surface area contributed by atoms with E-state index in [1.165, 1.54) is 21.2 Å². The van der Waals surface area contributed by atoms with Gasteiger partial charge in [0.15, 0.2) is 6.29 Å². The number of hydrogen-bond acceptors (Lipinski definition) is 6. The number of likely N-dealkylation sites (N-methyl/N-ethyl adjacent to an activating group) is 1. The lowest BCUT2D eigenvalue weighted by Gasteiger charge is -2.43. The number of imide groups is 1. The summed E-state index contributed by atoms with van der Waals surface area (Å²) in [5.74, 6) is -0.630. The second kappa shape index (κ2) is 12.9. The fourth-order valence-electron chi connectivity index (χ4n) is 6.70. The van der Waals surface area contributed by atoms with Gasteiger partial charge in [-0.15, -0.1) is 0 Å². The van der Waals surface area contributed by atoms with Crippen LogP contribution in [0.3, 0.4) is 0 Å². The normalized spacial score (nSPS) is 21.8. The largest absolute Gasteiger partial charge is 0.392 e. The van der Waals surface area contributed by atoms with Crippen molar-refractivity contribution in [2.75, 3.05) is 18.5 Å². The Morgan fingerprint density at radius 3 is 2.04 bits per heavy atom. The van der Waals surface area contributed by atoms with Crippen molar-refractivity contribution < 1.29 is 24.2 Å². The molecule has 1 fully saturated rings. The first-order valence-electron chi connectivity index (χ1n) is 16.1. The van der Waals surface area contributed by atoms with Crippen molar-refractivity contribution in [1.29, 1.82) is 0 Å². The van der Waals surface area contributed by atoms with Crippen molar-refractivity contribution in [3.05, 3.63) is 149 Å². The summed E-state index contributed by atoms with van der Waals surface area (Å²) < 4.78 is 13.4. The van der Waals surface area contributed by atoms with Crippen LogP contribution in [-0.4, -0.2) is 41.5 Å². The number of aliphatic hydroxyl groups is 1. The van der Waals surface area contributed by atoms with Crippen LogP contribution >= 0.6 is 0 Å². The first kappa shape index (κ1) is 31.0. The molecule has 0 spiro atoms. The third kappa shape index (κ3) is 5.88. The summed E-state index contributed by atoms with van der Waals surface area (Å²) in [6.45, 7) is 5.03. The highest BCUT2D eigenvalue weighted by molar-refractivity contribution is 6.34. The van der Waals surface area contributed by atoms with Crippen LogP contribution in [0.5, 0.6) is 0 Å². The predicted molar refractivity (Wildman–Crippen MR) is 182 cm³/mol. The molecule has 238 valence electrons. The Kier molecular flexibility index (Phi) is 8.47. The number of nitrogens with zero attached hydrogens (tertiary/aromatic N) is 2. The van der Waals surface area contributed by atoms with Gasteiger partial charge in [0.1, 0.15) is 0 Å². The van der Waals surface area contributed by atoms with E-state index in [1.54, 1.807) is 36.4 Å². The van der Waals surface area contributed by atoms with Crippen molar-refractivity contribution >= 4 is 28.3 Å². The Hall–Kier alpha value is -4.66. The number of anilines is 1. The monoisotopic (exact) mass is 626 g/mol. The maximum Gasteiger partial charge on any atom is 0.266 e. The molecule has 7 nitrogen and oxygen atoms in total. The fourth-order valence-corrected chi connectivity index (χ4v) is 6.70. The van der Waals surface area contributed by atoms with E-state index in [0.717, 1.165) is 16.7 Å². The average molecular weight is 627 g/mol. The third-order valence-electron chi connectivity index (χ3n) is 9.73. The van der Waals surface area contributed by atoms with E-state index in [9.17, 15) is 14.7 Å². The van der Waals surface area contributed by atoms with Gasteiger partial charge in [0.05, 0.1) is 35.6 Å². The smallest absolute Gasteiger partial charge is 0.266 e. The van der Waals surface area contributed by atoms with E-state index in [4.69, 9.17) is 9.47 Å². The molecule has 2 amide bonds. The van der Waals surface area contributed by atoms with Gasteiger partial charge in [-0.3, -0.25) is 14.5 Å². The minimum Gasteiger partial charge on any atom is -0.392 e.